The van der Waals surface area contributed by atoms with Crippen molar-refractivity contribution in [1.29, 1.82) is 0 Å². The summed E-state index contributed by atoms with van der Waals surface area (Å²) in [4.78, 5) is 27.3. The number of esters is 1. The molecule has 0 amide bonds. The number of hydrogen-bond acceptors (Lipinski definition) is 6. The predicted molar refractivity (Wildman–Crippen MR) is 132 cm³/mol. The fourth-order valence-electron chi connectivity index (χ4n) is 4.46. The first-order chi connectivity index (χ1) is 16.6. The van der Waals surface area contributed by atoms with Crippen LogP contribution in [-0.2, 0) is 16.1 Å². The fourth-order valence-corrected chi connectivity index (χ4v) is 4.46. The monoisotopic (exact) mass is 456 g/mol. The molecule has 0 unspecified atom stereocenters. The Labute approximate surface area is 198 Å². The molecule has 0 bridgehead atoms. The third-order valence-electron chi connectivity index (χ3n) is 6.21. The van der Waals surface area contributed by atoms with Gasteiger partial charge in [-0.25, -0.2) is 9.97 Å². The molecule has 1 aliphatic rings. The van der Waals surface area contributed by atoms with Gasteiger partial charge < -0.3 is 19.4 Å². The number of H-pyrrole nitrogens is 1. The van der Waals surface area contributed by atoms with E-state index in [1.807, 2.05) is 61.5 Å². The second-order valence-corrected chi connectivity index (χ2v) is 8.78. The average molecular weight is 457 g/mol. The molecule has 1 atom stereocenters. The Morgan fingerprint density at radius 2 is 1.97 bits per heavy atom. The Morgan fingerprint density at radius 1 is 1.12 bits per heavy atom. The summed E-state index contributed by atoms with van der Waals surface area (Å²) in [5.41, 5.74) is 3.83. The van der Waals surface area contributed by atoms with Crippen LogP contribution in [0.2, 0.25) is 0 Å². The van der Waals surface area contributed by atoms with Gasteiger partial charge in [-0.2, -0.15) is 0 Å². The number of carbonyl (C=O) groups excluding carboxylic acids is 1. The van der Waals surface area contributed by atoms with Gasteiger partial charge >= 0.3 is 5.97 Å². The van der Waals surface area contributed by atoms with Gasteiger partial charge in [0, 0.05) is 18.7 Å². The third-order valence-corrected chi connectivity index (χ3v) is 6.21. The summed E-state index contributed by atoms with van der Waals surface area (Å²) in [5, 5.41) is 0.959. The van der Waals surface area contributed by atoms with E-state index in [1.165, 1.54) is 7.11 Å². The van der Waals surface area contributed by atoms with Crippen molar-refractivity contribution in [3.8, 4) is 17.1 Å². The van der Waals surface area contributed by atoms with Crippen molar-refractivity contribution in [3.63, 3.8) is 0 Å². The van der Waals surface area contributed by atoms with Gasteiger partial charge in [0.25, 0.3) is 0 Å². The highest BCUT2D eigenvalue weighted by Crippen LogP contribution is 2.33. The molecule has 4 aromatic rings. The standard InChI is InChI=1S/C27H28N4O3/c1-18-7-6-10-22(13-18)34-17-21-15-23-26(28-21)29-25(20-8-4-3-5-9-20)30-27(23)31-12-11-19(16-31)14-24(32)33-2/h3-10,13,15,19H,11-12,14,16-17H2,1-2H3,(H,28,29,30)/t19-/m0/s1. The first-order valence-corrected chi connectivity index (χ1v) is 11.6. The van der Waals surface area contributed by atoms with E-state index in [0.29, 0.717) is 18.9 Å². The molecule has 0 spiro atoms. The fraction of sp³-hybridized carbons (Fsp3) is 0.296. The van der Waals surface area contributed by atoms with Crippen LogP contribution in [0.5, 0.6) is 5.75 Å². The molecule has 34 heavy (non-hydrogen) atoms. The normalized spacial score (nSPS) is 15.6. The lowest BCUT2D eigenvalue weighted by molar-refractivity contribution is -0.141. The third kappa shape index (κ3) is 4.73. The van der Waals surface area contributed by atoms with Gasteiger partial charge in [0.2, 0.25) is 0 Å². The summed E-state index contributed by atoms with van der Waals surface area (Å²) in [6.07, 6.45) is 1.35. The maximum atomic E-state index is 11.8. The van der Waals surface area contributed by atoms with E-state index in [4.69, 9.17) is 19.4 Å². The summed E-state index contributed by atoms with van der Waals surface area (Å²) in [7, 11) is 1.44. The van der Waals surface area contributed by atoms with Crippen molar-refractivity contribution >= 4 is 22.8 Å². The molecule has 174 valence electrons. The number of carbonyl (C=O) groups is 1. The zero-order valence-electron chi connectivity index (χ0n) is 19.5. The Morgan fingerprint density at radius 3 is 2.76 bits per heavy atom. The summed E-state index contributed by atoms with van der Waals surface area (Å²) in [6.45, 7) is 4.05. The quantitative estimate of drug-likeness (QED) is 0.399. The van der Waals surface area contributed by atoms with E-state index < -0.39 is 0 Å². The van der Waals surface area contributed by atoms with Crippen LogP contribution in [0.4, 0.5) is 5.82 Å². The molecule has 0 radical (unpaired) electrons. The number of benzene rings is 2. The van der Waals surface area contributed by atoms with Gasteiger partial charge in [-0.1, -0.05) is 42.5 Å². The molecule has 2 aromatic heterocycles. The Balaban J connectivity index is 1.47. The van der Waals surface area contributed by atoms with Crippen LogP contribution < -0.4 is 9.64 Å². The minimum Gasteiger partial charge on any atom is -0.487 e. The van der Waals surface area contributed by atoms with Gasteiger partial charge in [0.05, 0.1) is 24.6 Å². The van der Waals surface area contributed by atoms with Crippen LogP contribution in [0.25, 0.3) is 22.4 Å². The Kier molecular flexibility index (Phi) is 6.16. The predicted octanol–water partition coefficient (Wildman–Crippen LogP) is 4.90. The van der Waals surface area contributed by atoms with Gasteiger partial charge in [0.15, 0.2) is 5.82 Å². The zero-order valence-corrected chi connectivity index (χ0v) is 19.5. The molecule has 5 rings (SSSR count). The number of aryl methyl sites for hydroxylation is 1. The smallest absolute Gasteiger partial charge is 0.305 e. The van der Waals surface area contributed by atoms with E-state index in [0.717, 1.165) is 58.9 Å². The summed E-state index contributed by atoms with van der Waals surface area (Å²) >= 11 is 0. The number of hydrogen-bond donors (Lipinski definition) is 1. The molecule has 1 fully saturated rings. The SMILES string of the molecule is COC(=O)C[C@@H]1CCN(c2nc(-c3ccccc3)nc3[nH]c(COc4cccc(C)c4)cc23)C1. The topological polar surface area (TPSA) is 80.3 Å². The average Bonchev–Trinajstić information content (AvgIpc) is 3.49. The van der Waals surface area contributed by atoms with Gasteiger partial charge in [0.1, 0.15) is 23.8 Å². The minimum absolute atomic E-state index is 0.165. The highest BCUT2D eigenvalue weighted by Gasteiger charge is 2.28. The van der Waals surface area contributed by atoms with Crippen LogP contribution in [0, 0.1) is 12.8 Å². The molecule has 1 N–H and O–H groups in total. The van der Waals surface area contributed by atoms with E-state index in [1.54, 1.807) is 0 Å². The Bertz CT molecular complexity index is 1300. The van der Waals surface area contributed by atoms with E-state index in [-0.39, 0.29) is 11.9 Å². The lowest BCUT2D eigenvalue weighted by Crippen LogP contribution is -2.22. The lowest BCUT2D eigenvalue weighted by Gasteiger charge is -2.19. The first-order valence-electron chi connectivity index (χ1n) is 11.6. The second-order valence-electron chi connectivity index (χ2n) is 8.78. The number of anilines is 1. The Hall–Kier alpha value is -3.87. The van der Waals surface area contributed by atoms with Crippen LogP contribution >= 0.6 is 0 Å². The summed E-state index contributed by atoms with van der Waals surface area (Å²) in [5.74, 6) is 2.48. The second kappa shape index (κ2) is 9.55. The maximum Gasteiger partial charge on any atom is 0.305 e. The van der Waals surface area contributed by atoms with Crippen molar-refractivity contribution in [1.82, 2.24) is 15.0 Å². The molecular formula is C27H28N4O3. The largest absolute Gasteiger partial charge is 0.487 e. The molecule has 0 aliphatic carbocycles. The molecule has 1 aliphatic heterocycles. The van der Waals surface area contributed by atoms with Crippen LogP contribution in [0.15, 0.2) is 60.7 Å². The van der Waals surface area contributed by atoms with Gasteiger partial charge in [-0.05, 0) is 43.0 Å². The number of rotatable bonds is 7. The van der Waals surface area contributed by atoms with Crippen molar-refractivity contribution in [3.05, 3.63) is 71.9 Å². The molecule has 7 heteroatoms. The number of methoxy groups -OCH3 is 1. The summed E-state index contributed by atoms with van der Waals surface area (Å²) in [6, 6.07) is 20.1. The van der Waals surface area contributed by atoms with Crippen LogP contribution in [0.1, 0.15) is 24.1 Å². The van der Waals surface area contributed by atoms with Crippen LogP contribution in [0.3, 0.4) is 0 Å². The van der Waals surface area contributed by atoms with Crippen LogP contribution in [-0.4, -0.2) is 41.1 Å². The van der Waals surface area contributed by atoms with Crippen molar-refractivity contribution < 1.29 is 14.3 Å². The van der Waals surface area contributed by atoms with Crippen molar-refractivity contribution in [2.24, 2.45) is 5.92 Å². The zero-order chi connectivity index (χ0) is 23.5. The highest BCUT2D eigenvalue weighted by atomic mass is 16.5. The lowest BCUT2D eigenvalue weighted by atomic mass is 10.1. The molecule has 1 saturated heterocycles. The van der Waals surface area contributed by atoms with E-state index in [9.17, 15) is 4.79 Å². The molecule has 2 aromatic carbocycles. The number of nitrogens with zero attached hydrogens (tertiary/aromatic N) is 3. The molecule has 3 heterocycles. The van der Waals surface area contributed by atoms with E-state index >= 15 is 0 Å². The van der Waals surface area contributed by atoms with Crippen molar-refractivity contribution in [2.45, 2.75) is 26.4 Å². The number of aromatic nitrogens is 3. The van der Waals surface area contributed by atoms with Crippen molar-refractivity contribution in [2.75, 3.05) is 25.1 Å². The molecule has 0 saturated carbocycles. The first kappa shape index (κ1) is 21.9. The number of ether oxygens (including phenoxy) is 2. The molecular weight excluding hydrogens is 428 g/mol. The van der Waals surface area contributed by atoms with Gasteiger partial charge in [-0.15, -0.1) is 0 Å². The molecule has 7 nitrogen and oxygen atoms in total. The summed E-state index contributed by atoms with van der Waals surface area (Å²) < 4.78 is 10.9. The van der Waals surface area contributed by atoms with Gasteiger partial charge in [-0.3, -0.25) is 4.79 Å². The van der Waals surface area contributed by atoms with E-state index in [2.05, 4.69) is 16.0 Å². The highest BCUT2D eigenvalue weighted by molar-refractivity contribution is 5.90. The minimum atomic E-state index is -0.165. The number of nitrogens with one attached hydrogen (secondary N) is 1. The maximum absolute atomic E-state index is 11.8. The number of aromatic amines is 1. The number of fused-ring (bicyclic) bond motifs is 1.